The molecular formula is C62H38N4. The Labute approximate surface area is 382 Å². The van der Waals surface area contributed by atoms with Gasteiger partial charge in [-0.05, 0) is 134 Å². The van der Waals surface area contributed by atoms with E-state index in [2.05, 4.69) is 202 Å². The van der Waals surface area contributed by atoms with Gasteiger partial charge in [0.2, 0.25) is 0 Å². The first kappa shape index (κ1) is 38.5. The zero-order chi connectivity index (χ0) is 44.1. The molecule has 0 amide bonds. The molecule has 0 saturated carbocycles. The molecule has 2 heterocycles. The van der Waals surface area contributed by atoms with Gasteiger partial charge in [-0.2, -0.15) is 5.26 Å². The van der Waals surface area contributed by atoms with Crippen LogP contribution in [0, 0.1) is 17.9 Å². The Bertz CT molecular complexity index is 3470. The van der Waals surface area contributed by atoms with Gasteiger partial charge in [-0.25, -0.2) is 4.85 Å². The molecule has 0 aliphatic heterocycles. The largest absolute Gasteiger partial charge is 0.309 e. The Morgan fingerprint density at radius 3 is 1.00 bits per heavy atom. The van der Waals surface area contributed by atoms with Crippen molar-refractivity contribution in [2.75, 3.05) is 0 Å². The van der Waals surface area contributed by atoms with Crippen LogP contribution in [0.2, 0.25) is 0 Å². The van der Waals surface area contributed by atoms with Gasteiger partial charge >= 0.3 is 0 Å². The Morgan fingerprint density at radius 2 is 0.667 bits per heavy atom. The van der Waals surface area contributed by atoms with E-state index in [4.69, 9.17) is 6.57 Å². The molecule has 10 aromatic carbocycles. The van der Waals surface area contributed by atoms with Crippen LogP contribution in [-0.2, 0) is 0 Å². The molecular weight excluding hydrogens is 801 g/mol. The fourth-order valence-electron chi connectivity index (χ4n) is 9.81. The van der Waals surface area contributed by atoms with Crippen LogP contribution < -0.4 is 0 Å². The Hall–Kier alpha value is -9.22. The number of aromatic nitrogens is 2. The standard InChI is InChI=1S/C62H38N4/c1-64-58-29-28-51(66-61-32-25-47(43-18-10-4-11-19-43)36-56(61)57-37-48(26-33-62(57)66)44-20-12-5-13-21-44)39-53(58)52-38-50(27-22-49(52)40-63)65-59-30-23-45(41-14-6-2-7-15-41)34-54(59)55-35-46(24-31-60(55)65)42-16-8-3-9-17-42/h2-39H. The summed E-state index contributed by atoms with van der Waals surface area (Å²) in [4.78, 5) is 4.05. The number of fused-ring (bicyclic) bond motifs is 6. The Kier molecular flexibility index (Phi) is 9.23. The van der Waals surface area contributed by atoms with Crippen LogP contribution in [0.25, 0.3) is 115 Å². The zero-order valence-electron chi connectivity index (χ0n) is 35.7. The van der Waals surface area contributed by atoms with E-state index in [-0.39, 0.29) is 0 Å². The highest BCUT2D eigenvalue weighted by Gasteiger charge is 2.20. The van der Waals surface area contributed by atoms with Crippen LogP contribution in [0.15, 0.2) is 231 Å². The fourth-order valence-corrected chi connectivity index (χ4v) is 9.81. The number of nitrogens with zero attached hydrogens (tertiary/aromatic N) is 4. The molecule has 0 bridgehead atoms. The summed E-state index contributed by atoms with van der Waals surface area (Å²) in [7, 11) is 0. The van der Waals surface area contributed by atoms with E-state index in [1.165, 1.54) is 0 Å². The molecule has 0 atom stereocenters. The molecule has 306 valence electrons. The minimum Gasteiger partial charge on any atom is -0.309 e. The lowest BCUT2D eigenvalue weighted by molar-refractivity contribution is 1.17. The second-order valence-corrected chi connectivity index (χ2v) is 16.7. The van der Waals surface area contributed by atoms with E-state index in [0.29, 0.717) is 22.4 Å². The molecule has 0 N–H and O–H groups in total. The summed E-state index contributed by atoms with van der Waals surface area (Å²) in [6, 6.07) is 83.2. The molecule has 12 aromatic rings. The summed E-state index contributed by atoms with van der Waals surface area (Å²) in [5.41, 5.74) is 17.6. The van der Waals surface area contributed by atoms with Crippen LogP contribution in [0.4, 0.5) is 5.69 Å². The molecule has 0 fully saturated rings. The van der Waals surface area contributed by atoms with E-state index in [9.17, 15) is 5.26 Å². The molecule has 0 aliphatic carbocycles. The number of rotatable bonds is 7. The lowest BCUT2D eigenvalue weighted by Gasteiger charge is -2.15. The summed E-state index contributed by atoms with van der Waals surface area (Å²) in [5.74, 6) is 0. The van der Waals surface area contributed by atoms with Crippen molar-refractivity contribution in [2.45, 2.75) is 0 Å². The lowest BCUT2D eigenvalue weighted by atomic mass is 9.97. The predicted octanol–water partition coefficient (Wildman–Crippen LogP) is 16.6. The topological polar surface area (TPSA) is 38.0 Å². The number of nitriles is 1. The van der Waals surface area contributed by atoms with Crippen LogP contribution in [-0.4, -0.2) is 9.13 Å². The maximum atomic E-state index is 10.7. The van der Waals surface area contributed by atoms with Crippen molar-refractivity contribution in [3.8, 4) is 73.1 Å². The minimum absolute atomic E-state index is 0.480. The second kappa shape index (κ2) is 15.8. The third kappa shape index (κ3) is 6.45. The van der Waals surface area contributed by atoms with E-state index in [1.54, 1.807) is 0 Å². The monoisotopic (exact) mass is 838 g/mol. The first-order valence-corrected chi connectivity index (χ1v) is 22.1. The highest BCUT2D eigenvalue weighted by atomic mass is 15.0. The molecule has 0 aliphatic rings. The van der Waals surface area contributed by atoms with Crippen molar-refractivity contribution in [2.24, 2.45) is 0 Å². The Balaban J connectivity index is 1.06. The van der Waals surface area contributed by atoms with Gasteiger partial charge in [0, 0.05) is 32.9 Å². The molecule has 0 radical (unpaired) electrons. The van der Waals surface area contributed by atoms with Gasteiger partial charge in [-0.1, -0.05) is 152 Å². The molecule has 0 unspecified atom stereocenters. The van der Waals surface area contributed by atoms with Crippen LogP contribution in [0.1, 0.15) is 5.56 Å². The van der Waals surface area contributed by atoms with Crippen molar-refractivity contribution in [1.82, 2.24) is 9.13 Å². The van der Waals surface area contributed by atoms with Crippen LogP contribution in [0.5, 0.6) is 0 Å². The van der Waals surface area contributed by atoms with Crippen molar-refractivity contribution in [3.63, 3.8) is 0 Å². The number of benzene rings is 10. The number of hydrogen-bond acceptors (Lipinski definition) is 1. The summed E-state index contributed by atoms with van der Waals surface area (Å²) in [6.07, 6.45) is 0. The van der Waals surface area contributed by atoms with Gasteiger partial charge in [-0.15, -0.1) is 0 Å². The van der Waals surface area contributed by atoms with Crippen molar-refractivity contribution < 1.29 is 0 Å². The third-order valence-corrected chi connectivity index (χ3v) is 13.0. The summed E-state index contributed by atoms with van der Waals surface area (Å²) in [6.45, 7) is 8.40. The van der Waals surface area contributed by atoms with Crippen LogP contribution in [0.3, 0.4) is 0 Å². The third-order valence-electron chi connectivity index (χ3n) is 13.0. The van der Waals surface area contributed by atoms with E-state index in [0.717, 1.165) is 99.5 Å². The van der Waals surface area contributed by atoms with E-state index in [1.807, 2.05) is 48.5 Å². The van der Waals surface area contributed by atoms with Crippen molar-refractivity contribution >= 4 is 49.3 Å². The van der Waals surface area contributed by atoms with E-state index < -0.39 is 0 Å². The normalized spacial score (nSPS) is 11.3. The molecule has 12 rings (SSSR count). The first-order chi connectivity index (χ1) is 32.6. The average Bonchev–Trinajstić information content (AvgIpc) is 3.90. The molecule has 4 nitrogen and oxygen atoms in total. The summed E-state index contributed by atoms with van der Waals surface area (Å²) < 4.78 is 4.59. The fraction of sp³-hybridized carbons (Fsp3) is 0. The smallest absolute Gasteiger partial charge is 0.195 e. The minimum atomic E-state index is 0.480. The molecule has 2 aromatic heterocycles. The summed E-state index contributed by atoms with van der Waals surface area (Å²) >= 11 is 0. The zero-order valence-corrected chi connectivity index (χ0v) is 35.7. The quantitative estimate of drug-likeness (QED) is 0.147. The summed E-state index contributed by atoms with van der Waals surface area (Å²) in [5, 5.41) is 15.3. The van der Waals surface area contributed by atoms with Gasteiger partial charge in [0.15, 0.2) is 5.69 Å². The van der Waals surface area contributed by atoms with Crippen LogP contribution >= 0.6 is 0 Å². The van der Waals surface area contributed by atoms with Gasteiger partial charge in [-0.3, -0.25) is 0 Å². The van der Waals surface area contributed by atoms with Gasteiger partial charge in [0.25, 0.3) is 0 Å². The molecule has 0 saturated heterocycles. The van der Waals surface area contributed by atoms with Gasteiger partial charge in [0.1, 0.15) is 0 Å². The van der Waals surface area contributed by atoms with E-state index >= 15 is 0 Å². The van der Waals surface area contributed by atoms with Crippen molar-refractivity contribution in [1.29, 1.82) is 5.26 Å². The second-order valence-electron chi connectivity index (χ2n) is 16.7. The SMILES string of the molecule is [C-]#[N+]c1ccc(-n2c3ccc(-c4ccccc4)cc3c3cc(-c4ccccc4)ccc32)cc1-c1cc(-n2c3ccc(-c4ccccc4)cc3c3cc(-c4ccccc4)ccc32)ccc1C#N. The molecule has 66 heavy (non-hydrogen) atoms. The first-order valence-electron chi connectivity index (χ1n) is 22.1. The predicted molar refractivity (Wildman–Crippen MR) is 273 cm³/mol. The highest BCUT2D eigenvalue weighted by molar-refractivity contribution is 6.13. The van der Waals surface area contributed by atoms with Crippen molar-refractivity contribution in [3.05, 3.63) is 248 Å². The number of hydrogen-bond donors (Lipinski definition) is 0. The maximum absolute atomic E-state index is 10.7. The highest BCUT2D eigenvalue weighted by Crippen LogP contribution is 2.43. The van der Waals surface area contributed by atoms with Gasteiger partial charge < -0.3 is 9.13 Å². The van der Waals surface area contributed by atoms with Gasteiger partial charge in [0.05, 0.1) is 40.3 Å². The lowest BCUT2D eigenvalue weighted by Crippen LogP contribution is -1.98. The maximum Gasteiger partial charge on any atom is 0.195 e. The Morgan fingerprint density at radius 1 is 0.333 bits per heavy atom. The molecule has 0 spiro atoms. The average molecular weight is 839 g/mol. The molecule has 4 heteroatoms.